The van der Waals surface area contributed by atoms with Crippen LogP contribution in [0.25, 0.3) is 0 Å². The van der Waals surface area contributed by atoms with Gasteiger partial charge in [-0.05, 0) is 36.4 Å². The highest BCUT2D eigenvalue weighted by atomic mass is 14.9. The van der Waals surface area contributed by atoms with Crippen molar-refractivity contribution in [3.05, 3.63) is 35.4 Å². The predicted octanol–water partition coefficient (Wildman–Crippen LogP) is 3.74. The smallest absolute Gasteiger partial charge is 0.0141 e. The van der Waals surface area contributed by atoms with Gasteiger partial charge in [-0.2, -0.15) is 0 Å². The minimum absolute atomic E-state index is 0.671. The first kappa shape index (κ1) is 12.6. The van der Waals surface area contributed by atoms with Crippen molar-refractivity contribution in [2.45, 2.75) is 52.0 Å². The maximum Gasteiger partial charge on any atom is 0.0141 e. The summed E-state index contributed by atoms with van der Waals surface area (Å²) < 4.78 is 0. The summed E-state index contributed by atoms with van der Waals surface area (Å²) in [6, 6.07) is 9.59. The minimum atomic E-state index is 0.671. The van der Waals surface area contributed by atoms with Gasteiger partial charge in [-0.3, -0.25) is 0 Å². The van der Waals surface area contributed by atoms with Crippen LogP contribution in [-0.2, 0) is 6.42 Å². The van der Waals surface area contributed by atoms with E-state index in [-0.39, 0.29) is 0 Å². The molecule has 0 heterocycles. The van der Waals surface area contributed by atoms with E-state index in [2.05, 4.69) is 50.4 Å². The first-order chi connectivity index (χ1) is 8.26. The molecule has 0 saturated carbocycles. The van der Waals surface area contributed by atoms with Gasteiger partial charge in [0.15, 0.2) is 0 Å². The summed E-state index contributed by atoms with van der Waals surface area (Å²) in [7, 11) is 0. The van der Waals surface area contributed by atoms with E-state index in [1.54, 1.807) is 11.1 Å². The Morgan fingerprint density at radius 1 is 1.29 bits per heavy atom. The maximum absolute atomic E-state index is 3.69. The standard InChI is InChI=1S/C16H25N/c1-4-12(3)10-16(17-5-2)15-11-13-8-6-7-9-14(13)15/h6-9,12,15-17H,4-5,10-11H2,1-3H3. The normalized spacial score (nSPS) is 21.5. The van der Waals surface area contributed by atoms with Gasteiger partial charge in [-0.25, -0.2) is 0 Å². The summed E-state index contributed by atoms with van der Waals surface area (Å²) in [4.78, 5) is 0. The number of fused-ring (bicyclic) bond motifs is 1. The lowest BCUT2D eigenvalue weighted by Gasteiger charge is -2.38. The number of benzene rings is 1. The molecule has 0 amide bonds. The van der Waals surface area contributed by atoms with Gasteiger partial charge in [0, 0.05) is 12.0 Å². The van der Waals surface area contributed by atoms with Crippen molar-refractivity contribution in [1.82, 2.24) is 5.32 Å². The largest absolute Gasteiger partial charge is 0.314 e. The highest BCUT2D eigenvalue weighted by Crippen LogP contribution is 2.39. The van der Waals surface area contributed by atoms with Crippen molar-refractivity contribution < 1.29 is 0 Å². The SMILES string of the molecule is CCNC(CC(C)CC)C1Cc2ccccc21. The van der Waals surface area contributed by atoms with Crippen molar-refractivity contribution in [2.75, 3.05) is 6.54 Å². The van der Waals surface area contributed by atoms with Crippen LogP contribution in [0.4, 0.5) is 0 Å². The van der Waals surface area contributed by atoms with Crippen LogP contribution in [0.15, 0.2) is 24.3 Å². The third-order valence-electron chi connectivity index (χ3n) is 4.20. The molecular weight excluding hydrogens is 206 g/mol. The molecular formula is C16H25N. The van der Waals surface area contributed by atoms with Gasteiger partial charge in [0.1, 0.15) is 0 Å². The van der Waals surface area contributed by atoms with Crippen molar-refractivity contribution in [2.24, 2.45) is 5.92 Å². The molecule has 1 nitrogen and oxygen atoms in total. The quantitative estimate of drug-likeness (QED) is 0.786. The molecule has 1 aromatic carbocycles. The number of nitrogens with one attached hydrogen (secondary N) is 1. The van der Waals surface area contributed by atoms with Crippen molar-refractivity contribution in [3.8, 4) is 0 Å². The van der Waals surface area contributed by atoms with Crippen LogP contribution in [0.1, 0.15) is 50.7 Å². The average Bonchev–Trinajstić information content (AvgIpc) is 2.30. The lowest BCUT2D eigenvalue weighted by Crippen LogP contribution is -2.41. The fraction of sp³-hybridized carbons (Fsp3) is 0.625. The summed E-state index contributed by atoms with van der Waals surface area (Å²) in [5.41, 5.74) is 3.14. The van der Waals surface area contributed by atoms with E-state index >= 15 is 0 Å². The average molecular weight is 231 g/mol. The van der Waals surface area contributed by atoms with Crippen LogP contribution in [0.3, 0.4) is 0 Å². The second kappa shape index (κ2) is 5.68. The molecule has 0 aromatic heterocycles. The van der Waals surface area contributed by atoms with Crippen molar-refractivity contribution >= 4 is 0 Å². The van der Waals surface area contributed by atoms with Gasteiger partial charge < -0.3 is 5.32 Å². The van der Waals surface area contributed by atoms with Crippen LogP contribution in [0, 0.1) is 5.92 Å². The summed E-state index contributed by atoms with van der Waals surface area (Å²) in [5, 5.41) is 3.69. The third-order valence-corrected chi connectivity index (χ3v) is 4.20. The molecule has 0 fully saturated rings. The highest BCUT2D eigenvalue weighted by Gasteiger charge is 2.32. The topological polar surface area (TPSA) is 12.0 Å². The Balaban J connectivity index is 2.04. The molecule has 0 aliphatic heterocycles. The van der Waals surface area contributed by atoms with Crippen LogP contribution < -0.4 is 5.32 Å². The summed E-state index contributed by atoms with van der Waals surface area (Å²) in [6.07, 6.45) is 3.86. The molecule has 0 bridgehead atoms. The van der Waals surface area contributed by atoms with Crippen LogP contribution >= 0.6 is 0 Å². The molecule has 1 aliphatic carbocycles. The van der Waals surface area contributed by atoms with Gasteiger partial charge >= 0.3 is 0 Å². The van der Waals surface area contributed by atoms with Gasteiger partial charge in [0.2, 0.25) is 0 Å². The van der Waals surface area contributed by atoms with E-state index in [1.807, 2.05) is 0 Å². The van der Waals surface area contributed by atoms with Crippen molar-refractivity contribution in [3.63, 3.8) is 0 Å². The van der Waals surface area contributed by atoms with E-state index < -0.39 is 0 Å². The van der Waals surface area contributed by atoms with E-state index in [9.17, 15) is 0 Å². The molecule has 0 spiro atoms. The Kier molecular flexibility index (Phi) is 4.22. The zero-order valence-electron chi connectivity index (χ0n) is 11.4. The van der Waals surface area contributed by atoms with E-state index in [0.29, 0.717) is 6.04 Å². The zero-order valence-corrected chi connectivity index (χ0v) is 11.4. The van der Waals surface area contributed by atoms with Crippen LogP contribution in [-0.4, -0.2) is 12.6 Å². The number of rotatable bonds is 6. The third kappa shape index (κ3) is 2.71. The Morgan fingerprint density at radius 3 is 2.71 bits per heavy atom. The van der Waals surface area contributed by atoms with E-state index in [1.165, 1.54) is 19.3 Å². The fourth-order valence-electron chi connectivity index (χ4n) is 2.91. The minimum Gasteiger partial charge on any atom is -0.314 e. The summed E-state index contributed by atoms with van der Waals surface area (Å²) >= 11 is 0. The Bertz CT molecular complexity index is 358. The zero-order chi connectivity index (χ0) is 12.3. The number of hydrogen-bond donors (Lipinski definition) is 1. The highest BCUT2D eigenvalue weighted by molar-refractivity contribution is 5.41. The second-order valence-corrected chi connectivity index (χ2v) is 5.42. The number of hydrogen-bond acceptors (Lipinski definition) is 1. The van der Waals surface area contributed by atoms with Crippen LogP contribution in [0.5, 0.6) is 0 Å². The summed E-state index contributed by atoms with van der Waals surface area (Å²) in [6.45, 7) is 7.96. The molecule has 3 unspecified atom stereocenters. The molecule has 1 aromatic rings. The Labute approximate surface area is 106 Å². The molecule has 3 atom stereocenters. The lowest BCUT2D eigenvalue weighted by atomic mass is 9.71. The molecule has 1 aliphatic rings. The Morgan fingerprint density at radius 2 is 2.06 bits per heavy atom. The Hall–Kier alpha value is -0.820. The molecule has 2 rings (SSSR count). The van der Waals surface area contributed by atoms with Crippen LogP contribution in [0.2, 0.25) is 0 Å². The predicted molar refractivity (Wildman–Crippen MR) is 74.4 cm³/mol. The first-order valence-electron chi connectivity index (χ1n) is 7.07. The summed E-state index contributed by atoms with van der Waals surface area (Å²) in [5.74, 6) is 1.58. The molecule has 17 heavy (non-hydrogen) atoms. The molecule has 1 heteroatoms. The van der Waals surface area contributed by atoms with Gasteiger partial charge in [0.25, 0.3) is 0 Å². The van der Waals surface area contributed by atoms with E-state index in [4.69, 9.17) is 0 Å². The lowest BCUT2D eigenvalue weighted by molar-refractivity contribution is 0.333. The maximum atomic E-state index is 3.69. The first-order valence-corrected chi connectivity index (χ1v) is 7.07. The molecule has 94 valence electrons. The van der Waals surface area contributed by atoms with Gasteiger partial charge in [-0.1, -0.05) is 51.5 Å². The fourth-order valence-corrected chi connectivity index (χ4v) is 2.91. The number of likely N-dealkylation sites (N-methyl/N-ethyl adjacent to an activating group) is 1. The molecule has 1 N–H and O–H groups in total. The molecule has 0 radical (unpaired) electrons. The monoisotopic (exact) mass is 231 g/mol. The second-order valence-electron chi connectivity index (χ2n) is 5.42. The van der Waals surface area contributed by atoms with E-state index in [0.717, 1.165) is 18.4 Å². The van der Waals surface area contributed by atoms with Gasteiger partial charge in [0.05, 0.1) is 0 Å². The van der Waals surface area contributed by atoms with Gasteiger partial charge in [-0.15, -0.1) is 0 Å². The van der Waals surface area contributed by atoms with Crippen molar-refractivity contribution in [1.29, 1.82) is 0 Å². The molecule has 0 saturated heterocycles.